The van der Waals surface area contributed by atoms with Gasteiger partial charge in [-0.25, -0.2) is 0 Å². The van der Waals surface area contributed by atoms with Crippen LogP contribution in [0.3, 0.4) is 0 Å². The molecule has 21 heavy (non-hydrogen) atoms. The quantitative estimate of drug-likeness (QED) is 0.820. The minimum Gasteiger partial charge on any atom is -0.463 e. The van der Waals surface area contributed by atoms with Gasteiger partial charge in [-0.05, 0) is 56.4 Å². The summed E-state index contributed by atoms with van der Waals surface area (Å²) in [4.78, 5) is 2.55. The van der Waals surface area contributed by atoms with E-state index in [1.807, 2.05) is 0 Å². The van der Waals surface area contributed by atoms with Gasteiger partial charge in [-0.15, -0.1) is 0 Å². The molecule has 2 rings (SSSR count). The smallest absolute Gasteiger partial charge is 0.120 e. The van der Waals surface area contributed by atoms with Crippen molar-refractivity contribution < 1.29 is 4.42 Å². The first kappa shape index (κ1) is 16.6. The maximum Gasteiger partial charge on any atom is 0.120 e. The summed E-state index contributed by atoms with van der Waals surface area (Å²) < 4.78 is 6.02. The maximum absolute atomic E-state index is 6.02. The van der Waals surface area contributed by atoms with Crippen molar-refractivity contribution in [1.82, 2.24) is 10.2 Å². The zero-order valence-electron chi connectivity index (χ0n) is 14.3. The van der Waals surface area contributed by atoms with Crippen LogP contribution < -0.4 is 5.32 Å². The molecule has 0 saturated carbocycles. The molecule has 0 atom stereocenters. The minimum atomic E-state index is 0.603. The molecule has 1 fully saturated rings. The fourth-order valence-electron chi connectivity index (χ4n) is 3.45. The molecule has 1 aliphatic heterocycles. The van der Waals surface area contributed by atoms with E-state index in [1.54, 1.807) is 0 Å². The summed E-state index contributed by atoms with van der Waals surface area (Å²) in [7, 11) is 0. The molecule has 2 heterocycles. The van der Waals surface area contributed by atoms with E-state index in [2.05, 4.69) is 44.0 Å². The molecular weight excluding hydrogens is 260 g/mol. The number of likely N-dealkylation sites (tertiary alicyclic amines) is 1. The van der Waals surface area contributed by atoms with Crippen molar-refractivity contribution in [3.63, 3.8) is 0 Å². The summed E-state index contributed by atoms with van der Waals surface area (Å²) >= 11 is 0. The van der Waals surface area contributed by atoms with Crippen LogP contribution in [-0.2, 0) is 13.1 Å². The lowest BCUT2D eigenvalue weighted by Gasteiger charge is -2.40. The molecule has 0 aromatic carbocycles. The van der Waals surface area contributed by atoms with Gasteiger partial charge in [-0.3, -0.25) is 4.90 Å². The Balaban J connectivity index is 1.89. The van der Waals surface area contributed by atoms with Crippen molar-refractivity contribution >= 4 is 0 Å². The first-order chi connectivity index (χ1) is 10.1. The Morgan fingerprint density at radius 3 is 2.43 bits per heavy atom. The summed E-state index contributed by atoms with van der Waals surface area (Å²) in [5, 5.41) is 3.34. The van der Waals surface area contributed by atoms with Crippen LogP contribution in [0.25, 0.3) is 0 Å². The largest absolute Gasteiger partial charge is 0.463 e. The van der Waals surface area contributed by atoms with Gasteiger partial charge in [0.1, 0.15) is 11.5 Å². The van der Waals surface area contributed by atoms with Crippen molar-refractivity contribution in [2.75, 3.05) is 19.6 Å². The lowest BCUT2D eigenvalue weighted by atomic mass is 9.74. The van der Waals surface area contributed by atoms with Crippen LogP contribution in [0.5, 0.6) is 0 Å². The average molecular weight is 292 g/mol. The highest BCUT2D eigenvalue weighted by Crippen LogP contribution is 2.38. The number of piperidine rings is 1. The molecule has 1 aromatic heterocycles. The molecule has 3 heteroatoms. The van der Waals surface area contributed by atoms with E-state index in [0.717, 1.165) is 31.2 Å². The Bertz CT molecular complexity index is 424. The fourth-order valence-corrected chi connectivity index (χ4v) is 3.45. The van der Waals surface area contributed by atoms with Crippen LogP contribution in [0.4, 0.5) is 0 Å². The molecule has 0 spiro atoms. The van der Waals surface area contributed by atoms with Gasteiger partial charge in [0.05, 0.1) is 13.1 Å². The molecule has 1 N–H and O–H groups in total. The summed E-state index contributed by atoms with van der Waals surface area (Å²) in [6, 6.07) is 2.22. The molecular formula is C18H32N2O. The highest BCUT2D eigenvalue weighted by Gasteiger charge is 2.31. The lowest BCUT2D eigenvalue weighted by molar-refractivity contribution is 0.0860. The van der Waals surface area contributed by atoms with Gasteiger partial charge in [-0.1, -0.05) is 33.6 Å². The molecule has 1 aromatic rings. The maximum atomic E-state index is 6.02. The Hall–Kier alpha value is -0.800. The second-order valence-corrected chi connectivity index (χ2v) is 6.58. The monoisotopic (exact) mass is 292 g/mol. The van der Waals surface area contributed by atoms with Crippen molar-refractivity contribution in [3.05, 3.63) is 23.2 Å². The van der Waals surface area contributed by atoms with Crippen LogP contribution >= 0.6 is 0 Å². The topological polar surface area (TPSA) is 28.4 Å². The fraction of sp³-hybridized carbons (Fsp3) is 0.778. The summed E-state index contributed by atoms with van der Waals surface area (Å²) in [5.41, 5.74) is 1.88. The van der Waals surface area contributed by atoms with Gasteiger partial charge in [-0.2, -0.15) is 0 Å². The van der Waals surface area contributed by atoms with Gasteiger partial charge in [0, 0.05) is 0 Å². The van der Waals surface area contributed by atoms with Crippen molar-refractivity contribution in [2.45, 2.75) is 66.5 Å². The average Bonchev–Trinajstić information content (AvgIpc) is 2.86. The van der Waals surface area contributed by atoms with Gasteiger partial charge in [0.2, 0.25) is 0 Å². The molecule has 1 saturated heterocycles. The number of furan rings is 1. The Morgan fingerprint density at radius 1 is 1.19 bits per heavy atom. The van der Waals surface area contributed by atoms with Gasteiger partial charge in [0.15, 0.2) is 0 Å². The number of hydrogen-bond donors (Lipinski definition) is 1. The summed E-state index contributed by atoms with van der Waals surface area (Å²) in [5.74, 6) is 2.22. The predicted molar refractivity (Wildman–Crippen MR) is 88.4 cm³/mol. The van der Waals surface area contributed by atoms with Gasteiger partial charge < -0.3 is 9.73 Å². The number of rotatable bonds is 7. The zero-order valence-corrected chi connectivity index (χ0v) is 14.3. The van der Waals surface area contributed by atoms with Gasteiger partial charge in [0.25, 0.3) is 0 Å². The molecule has 0 amide bonds. The molecule has 0 aliphatic carbocycles. The normalized spacial score (nSPS) is 19.0. The Labute approximate surface area is 130 Å². The second kappa shape index (κ2) is 7.46. The van der Waals surface area contributed by atoms with Crippen molar-refractivity contribution in [2.24, 2.45) is 5.41 Å². The van der Waals surface area contributed by atoms with Crippen LogP contribution in [-0.4, -0.2) is 24.5 Å². The Morgan fingerprint density at radius 2 is 1.86 bits per heavy atom. The van der Waals surface area contributed by atoms with Crippen LogP contribution in [0.1, 0.15) is 63.5 Å². The standard InChI is InChI=1S/C18H32N2O/c1-5-18(6-2)8-10-20(11-9-18)14-16-12-15(4)17(21-16)13-19-7-3/h12,19H,5-11,13-14H2,1-4H3. The molecule has 0 unspecified atom stereocenters. The first-order valence-corrected chi connectivity index (χ1v) is 8.63. The molecule has 120 valence electrons. The van der Waals surface area contributed by atoms with Crippen molar-refractivity contribution in [1.29, 1.82) is 0 Å². The van der Waals surface area contributed by atoms with Gasteiger partial charge >= 0.3 is 0 Å². The number of nitrogens with zero attached hydrogens (tertiary/aromatic N) is 1. The third kappa shape index (κ3) is 4.10. The van der Waals surface area contributed by atoms with E-state index in [9.17, 15) is 0 Å². The molecule has 0 bridgehead atoms. The van der Waals surface area contributed by atoms with Crippen LogP contribution in [0.2, 0.25) is 0 Å². The second-order valence-electron chi connectivity index (χ2n) is 6.58. The number of aryl methyl sites for hydroxylation is 1. The Kier molecular flexibility index (Phi) is 5.88. The summed E-state index contributed by atoms with van der Waals surface area (Å²) in [6.45, 7) is 14.2. The van der Waals surface area contributed by atoms with E-state index in [4.69, 9.17) is 4.42 Å². The van der Waals surface area contributed by atoms with Crippen LogP contribution in [0.15, 0.2) is 10.5 Å². The SMILES string of the molecule is CCNCc1oc(CN2CCC(CC)(CC)CC2)cc1C. The predicted octanol–water partition coefficient (Wildman–Crippen LogP) is 4.10. The van der Waals surface area contributed by atoms with Crippen LogP contribution in [0, 0.1) is 12.3 Å². The summed E-state index contributed by atoms with van der Waals surface area (Å²) in [6.07, 6.45) is 5.32. The highest BCUT2D eigenvalue weighted by molar-refractivity contribution is 5.20. The third-order valence-electron chi connectivity index (χ3n) is 5.40. The molecule has 0 radical (unpaired) electrons. The van der Waals surface area contributed by atoms with E-state index in [-0.39, 0.29) is 0 Å². The number of hydrogen-bond acceptors (Lipinski definition) is 3. The van der Waals surface area contributed by atoms with E-state index < -0.39 is 0 Å². The van der Waals surface area contributed by atoms with E-state index in [1.165, 1.54) is 44.3 Å². The zero-order chi connectivity index (χ0) is 15.3. The first-order valence-electron chi connectivity index (χ1n) is 8.63. The van der Waals surface area contributed by atoms with E-state index >= 15 is 0 Å². The highest BCUT2D eigenvalue weighted by atomic mass is 16.3. The molecule has 3 nitrogen and oxygen atoms in total. The third-order valence-corrected chi connectivity index (χ3v) is 5.40. The van der Waals surface area contributed by atoms with E-state index in [0.29, 0.717) is 5.41 Å². The van der Waals surface area contributed by atoms with Crippen molar-refractivity contribution in [3.8, 4) is 0 Å². The number of nitrogens with one attached hydrogen (secondary N) is 1. The minimum absolute atomic E-state index is 0.603. The molecule has 1 aliphatic rings. The lowest BCUT2D eigenvalue weighted by Crippen LogP contribution is -2.39.